The van der Waals surface area contributed by atoms with Crippen LogP contribution in [0.2, 0.25) is 5.02 Å². The molecule has 0 aliphatic rings. The average molecular weight is 473 g/mol. The summed E-state index contributed by atoms with van der Waals surface area (Å²) in [6.07, 6.45) is 0.0233. The third kappa shape index (κ3) is 6.40. The van der Waals surface area contributed by atoms with Crippen molar-refractivity contribution in [1.82, 2.24) is 5.32 Å². The second-order valence-electron chi connectivity index (χ2n) is 7.38. The van der Waals surface area contributed by atoms with Crippen LogP contribution in [-0.2, 0) is 21.1 Å². The van der Waals surface area contributed by atoms with Crippen molar-refractivity contribution in [2.24, 2.45) is 0 Å². The Hall–Kier alpha value is -2.71. The van der Waals surface area contributed by atoms with E-state index in [0.717, 1.165) is 11.1 Å². The molecule has 0 radical (unpaired) electrons. The Labute approximate surface area is 193 Å². The van der Waals surface area contributed by atoms with Gasteiger partial charge in [-0.25, -0.2) is 8.42 Å². The molecule has 1 amide bonds. The zero-order valence-electron chi connectivity index (χ0n) is 17.6. The number of carbonyl (C=O) groups is 1. The van der Waals surface area contributed by atoms with E-state index < -0.39 is 15.9 Å². The fraction of sp³-hybridized carbons (Fsp3) is 0.208. The van der Waals surface area contributed by atoms with Crippen molar-refractivity contribution in [2.75, 3.05) is 18.4 Å². The van der Waals surface area contributed by atoms with Gasteiger partial charge in [0.2, 0.25) is 15.7 Å². The van der Waals surface area contributed by atoms with Crippen molar-refractivity contribution < 1.29 is 18.3 Å². The van der Waals surface area contributed by atoms with Gasteiger partial charge in [0.15, 0.2) is 0 Å². The first-order valence-electron chi connectivity index (χ1n) is 10.1. The molecule has 0 fully saturated rings. The highest BCUT2D eigenvalue weighted by molar-refractivity contribution is 7.91. The number of amides is 1. The van der Waals surface area contributed by atoms with Gasteiger partial charge < -0.3 is 15.7 Å². The van der Waals surface area contributed by atoms with Crippen LogP contribution in [0, 0.1) is 0 Å². The number of sulfone groups is 1. The van der Waals surface area contributed by atoms with Gasteiger partial charge >= 0.3 is 0 Å². The molecule has 0 spiro atoms. The monoisotopic (exact) mass is 472 g/mol. The SMILES string of the molecule is CC(=O)Nc1cccc(S(=O)(=O)c2ccc(CCNC[C@H](O)c3cccc(Cl)c3)cc2)c1. The minimum absolute atomic E-state index is 0.119. The van der Waals surface area contributed by atoms with Crippen LogP contribution in [0.5, 0.6) is 0 Å². The van der Waals surface area contributed by atoms with Crippen molar-refractivity contribution >= 4 is 33.0 Å². The van der Waals surface area contributed by atoms with Gasteiger partial charge in [0, 0.05) is 24.2 Å². The molecule has 0 saturated carbocycles. The molecule has 0 saturated heterocycles. The standard InChI is InChI=1S/C24H25ClN2O4S/c1-17(28)27-21-6-3-7-23(15-21)32(30,31)22-10-8-18(9-11-22)12-13-26-16-24(29)19-4-2-5-20(25)14-19/h2-11,14-15,24,26,29H,12-13,16H2,1H3,(H,27,28)/t24-/m0/s1. The van der Waals surface area contributed by atoms with E-state index in [1.54, 1.807) is 54.6 Å². The summed E-state index contributed by atoms with van der Waals surface area (Å²) in [5.41, 5.74) is 2.16. The van der Waals surface area contributed by atoms with E-state index in [1.807, 2.05) is 6.07 Å². The Bertz CT molecular complexity index is 1180. The molecule has 0 aromatic heterocycles. The van der Waals surface area contributed by atoms with Crippen molar-refractivity contribution in [3.05, 3.63) is 88.9 Å². The number of halogens is 1. The lowest BCUT2D eigenvalue weighted by molar-refractivity contribution is -0.114. The predicted molar refractivity (Wildman–Crippen MR) is 126 cm³/mol. The summed E-state index contributed by atoms with van der Waals surface area (Å²) in [4.78, 5) is 11.5. The molecule has 32 heavy (non-hydrogen) atoms. The number of carbonyl (C=O) groups excluding carboxylic acids is 1. The molecule has 0 aliphatic carbocycles. The van der Waals surface area contributed by atoms with Gasteiger partial charge in [-0.2, -0.15) is 0 Å². The molecule has 0 heterocycles. The van der Waals surface area contributed by atoms with Crippen molar-refractivity contribution in [3.63, 3.8) is 0 Å². The van der Waals surface area contributed by atoms with Crippen LogP contribution in [0.15, 0.2) is 82.6 Å². The Kier molecular flexibility index (Phi) is 8.04. The number of benzene rings is 3. The van der Waals surface area contributed by atoms with Gasteiger partial charge in [-0.05, 0) is 66.6 Å². The summed E-state index contributed by atoms with van der Waals surface area (Å²) in [6, 6.07) is 20.0. The van der Waals surface area contributed by atoms with Crippen molar-refractivity contribution in [2.45, 2.75) is 29.2 Å². The van der Waals surface area contributed by atoms with Gasteiger partial charge in [-0.15, -0.1) is 0 Å². The van der Waals surface area contributed by atoms with E-state index in [4.69, 9.17) is 11.6 Å². The van der Waals surface area contributed by atoms with E-state index >= 15 is 0 Å². The first-order chi connectivity index (χ1) is 15.3. The van der Waals surface area contributed by atoms with E-state index in [2.05, 4.69) is 10.6 Å². The number of aliphatic hydroxyl groups is 1. The lowest BCUT2D eigenvalue weighted by Gasteiger charge is -2.13. The molecule has 8 heteroatoms. The molecule has 3 rings (SSSR count). The molecule has 168 valence electrons. The number of aliphatic hydroxyl groups excluding tert-OH is 1. The lowest BCUT2D eigenvalue weighted by Crippen LogP contribution is -2.23. The van der Waals surface area contributed by atoms with Crippen molar-refractivity contribution in [1.29, 1.82) is 0 Å². The minimum atomic E-state index is -3.70. The molecular weight excluding hydrogens is 448 g/mol. The largest absolute Gasteiger partial charge is 0.387 e. The maximum atomic E-state index is 12.9. The molecule has 0 unspecified atom stereocenters. The molecule has 3 aromatic carbocycles. The summed E-state index contributed by atoms with van der Waals surface area (Å²) in [7, 11) is -3.70. The van der Waals surface area contributed by atoms with Crippen LogP contribution >= 0.6 is 11.6 Å². The highest BCUT2D eigenvalue weighted by Crippen LogP contribution is 2.24. The maximum Gasteiger partial charge on any atom is 0.221 e. The molecule has 1 atom stereocenters. The summed E-state index contributed by atoms with van der Waals surface area (Å²) in [6.45, 7) is 2.38. The molecule has 6 nitrogen and oxygen atoms in total. The molecule has 3 aromatic rings. The first kappa shape index (κ1) is 23.9. The highest BCUT2D eigenvalue weighted by Gasteiger charge is 2.18. The van der Waals surface area contributed by atoms with Gasteiger partial charge in [0.25, 0.3) is 0 Å². The Balaban J connectivity index is 1.57. The second-order valence-corrected chi connectivity index (χ2v) is 9.77. The van der Waals surface area contributed by atoms with Gasteiger partial charge in [-0.3, -0.25) is 4.79 Å². The minimum Gasteiger partial charge on any atom is -0.387 e. The van der Waals surface area contributed by atoms with Crippen LogP contribution in [0.3, 0.4) is 0 Å². The first-order valence-corrected chi connectivity index (χ1v) is 12.0. The fourth-order valence-corrected chi connectivity index (χ4v) is 4.72. The van der Waals surface area contributed by atoms with E-state index in [1.165, 1.54) is 19.1 Å². The van der Waals surface area contributed by atoms with Crippen LogP contribution in [0.25, 0.3) is 0 Å². The topological polar surface area (TPSA) is 95.5 Å². The summed E-state index contributed by atoms with van der Waals surface area (Å²) >= 11 is 5.95. The molecule has 3 N–H and O–H groups in total. The summed E-state index contributed by atoms with van der Waals surface area (Å²) in [5, 5.41) is 16.6. The van der Waals surface area contributed by atoms with Gasteiger partial charge in [0.05, 0.1) is 15.9 Å². The number of nitrogens with one attached hydrogen (secondary N) is 2. The lowest BCUT2D eigenvalue weighted by atomic mass is 10.1. The van der Waals surface area contributed by atoms with E-state index in [-0.39, 0.29) is 15.7 Å². The van der Waals surface area contributed by atoms with Crippen LogP contribution in [0.4, 0.5) is 5.69 Å². The Morgan fingerprint density at radius 1 is 1.00 bits per heavy atom. The average Bonchev–Trinajstić information content (AvgIpc) is 2.76. The summed E-state index contributed by atoms with van der Waals surface area (Å²) in [5.74, 6) is -0.266. The molecular formula is C24H25ClN2O4S. The smallest absolute Gasteiger partial charge is 0.221 e. The zero-order valence-corrected chi connectivity index (χ0v) is 19.2. The van der Waals surface area contributed by atoms with Crippen molar-refractivity contribution in [3.8, 4) is 0 Å². The van der Waals surface area contributed by atoms with Crippen LogP contribution < -0.4 is 10.6 Å². The van der Waals surface area contributed by atoms with E-state index in [9.17, 15) is 18.3 Å². The van der Waals surface area contributed by atoms with Crippen LogP contribution in [0.1, 0.15) is 24.2 Å². The fourth-order valence-electron chi connectivity index (χ4n) is 3.22. The second kappa shape index (κ2) is 10.7. The molecule has 0 aliphatic heterocycles. The Morgan fingerprint density at radius 2 is 1.72 bits per heavy atom. The van der Waals surface area contributed by atoms with Gasteiger partial charge in [-0.1, -0.05) is 41.9 Å². The predicted octanol–water partition coefficient (Wildman–Crippen LogP) is 4.00. The third-order valence-corrected chi connectivity index (χ3v) is 6.86. The number of hydrogen-bond donors (Lipinski definition) is 3. The Morgan fingerprint density at radius 3 is 2.41 bits per heavy atom. The summed E-state index contributed by atoms with van der Waals surface area (Å²) < 4.78 is 25.8. The van der Waals surface area contributed by atoms with Crippen LogP contribution in [-0.4, -0.2) is 32.5 Å². The third-order valence-electron chi connectivity index (χ3n) is 4.86. The van der Waals surface area contributed by atoms with E-state index in [0.29, 0.717) is 30.2 Å². The zero-order chi connectivity index (χ0) is 23.1. The number of rotatable bonds is 9. The molecule has 0 bridgehead atoms. The number of anilines is 1. The quantitative estimate of drug-likeness (QED) is 0.409. The maximum absolute atomic E-state index is 12.9. The number of hydrogen-bond acceptors (Lipinski definition) is 5. The highest BCUT2D eigenvalue weighted by atomic mass is 35.5. The van der Waals surface area contributed by atoms with Gasteiger partial charge in [0.1, 0.15) is 0 Å². The normalized spacial score (nSPS) is 12.3.